The Bertz CT molecular complexity index is 1020. The number of rotatable bonds is 3. The maximum Gasteiger partial charge on any atom is 0.255 e. The second-order valence-corrected chi connectivity index (χ2v) is 8.06. The number of aromatic nitrogens is 1. The number of halogens is 1. The minimum absolute atomic E-state index is 0.0299. The Hall–Kier alpha value is -2.56. The Balaban J connectivity index is 1.84. The van der Waals surface area contributed by atoms with E-state index in [0.717, 1.165) is 22.6 Å². The van der Waals surface area contributed by atoms with Crippen molar-refractivity contribution in [2.45, 2.75) is 33.0 Å². The molecule has 1 fully saturated rings. The molecule has 0 N–H and O–H groups in total. The van der Waals surface area contributed by atoms with Gasteiger partial charge in [-0.3, -0.25) is 4.79 Å². The number of nitrogens with zero attached hydrogens (tertiary/aromatic N) is 2. The number of amides is 1. The van der Waals surface area contributed by atoms with Gasteiger partial charge in [-0.15, -0.1) is 0 Å². The number of ether oxygens (including phenoxy) is 1. The van der Waals surface area contributed by atoms with Crippen molar-refractivity contribution in [2.24, 2.45) is 0 Å². The first-order valence-corrected chi connectivity index (χ1v) is 10.3. The van der Waals surface area contributed by atoms with Gasteiger partial charge in [0.15, 0.2) is 0 Å². The van der Waals surface area contributed by atoms with E-state index in [9.17, 15) is 4.79 Å². The van der Waals surface area contributed by atoms with E-state index in [1.807, 2.05) is 74.2 Å². The molecular weight excluding hydrogens is 384 g/mol. The van der Waals surface area contributed by atoms with Crippen LogP contribution in [0.4, 0.5) is 0 Å². The van der Waals surface area contributed by atoms with Crippen molar-refractivity contribution in [3.8, 4) is 16.9 Å². The standard InChI is InChI=1S/C24H25ClN2O2/c1-16-14-26(15-17(2)29-16)24(28)20-13-23(19-9-5-4-6-10-19)27(18(20)3)22-12-8-7-11-21(22)25/h4-13,16-17H,14-15H2,1-3H3. The number of benzene rings is 2. The van der Waals surface area contributed by atoms with E-state index in [2.05, 4.69) is 16.7 Å². The zero-order valence-corrected chi connectivity index (χ0v) is 17.7. The SMILES string of the molecule is Cc1c(C(=O)N2CC(C)OC(C)C2)cc(-c2ccccc2)n1-c1ccccc1Cl. The summed E-state index contributed by atoms with van der Waals surface area (Å²) in [5.41, 5.74) is 4.44. The first-order chi connectivity index (χ1) is 14.0. The average Bonchev–Trinajstić information content (AvgIpc) is 3.05. The van der Waals surface area contributed by atoms with Crippen LogP contribution in [0.5, 0.6) is 0 Å². The van der Waals surface area contributed by atoms with E-state index in [4.69, 9.17) is 16.3 Å². The van der Waals surface area contributed by atoms with Crippen LogP contribution in [0.1, 0.15) is 29.9 Å². The van der Waals surface area contributed by atoms with Gasteiger partial charge in [0.1, 0.15) is 0 Å². The van der Waals surface area contributed by atoms with E-state index >= 15 is 0 Å². The van der Waals surface area contributed by atoms with Gasteiger partial charge < -0.3 is 14.2 Å². The largest absolute Gasteiger partial charge is 0.372 e. The molecule has 1 aliphatic heterocycles. The molecule has 1 saturated heterocycles. The van der Waals surface area contributed by atoms with Crippen molar-refractivity contribution in [3.05, 3.63) is 76.9 Å². The van der Waals surface area contributed by atoms with Crippen LogP contribution in [0.15, 0.2) is 60.7 Å². The molecule has 4 nitrogen and oxygen atoms in total. The predicted octanol–water partition coefficient (Wildman–Crippen LogP) is 5.36. The molecule has 1 aromatic heterocycles. The highest BCUT2D eigenvalue weighted by Gasteiger charge is 2.29. The molecule has 0 spiro atoms. The molecule has 5 heteroatoms. The Morgan fingerprint density at radius 2 is 1.62 bits per heavy atom. The number of hydrogen-bond donors (Lipinski definition) is 0. The normalized spacial score (nSPS) is 19.4. The van der Waals surface area contributed by atoms with Crippen LogP contribution < -0.4 is 0 Å². The van der Waals surface area contributed by atoms with Crippen molar-refractivity contribution < 1.29 is 9.53 Å². The average molecular weight is 409 g/mol. The van der Waals surface area contributed by atoms with E-state index < -0.39 is 0 Å². The lowest BCUT2D eigenvalue weighted by Gasteiger charge is -2.35. The van der Waals surface area contributed by atoms with E-state index in [-0.39, 0.29) is 18.1 Å². The summed E-state index contributed by atoms with van der Waals surface area (Å²) in [4.78, 5) is 15.3. The van der Waals surface area contributed by atoms with E-state index in [1.165, 1.54) is 0 Å². The molecule has 2 heterocycles. The fraction of sp³-hybridized carbons (Fsp3) is 0.292. The molecular formula is C24H25ClN2O2. The molecule has 2 atom stereocenters. The molecule has 29 heavy (non-hydrogen) atoms. The molecule has 0 radical (unpaired) electrons. The molecule has 2 unspecified atom stereocenters. The number of hydrogen-bond acceptors (Lipinski definition) is 2. The van der Waals surface area contributed by atoms with Gasteiger partial charge in [-0.2, -0.15) is 0 Å². The van der Waals surface area contributed by atoms with Crippen LogP contribution in [0.25, 0.3) is 16.9 Å². The Morgan fingerprint density at radius 1 is 1.00 bits per heavy atom. The van der Waals surface area contributed by atoms with Crippen molar-refractivity contribution in [2.75, 3.05) is 13.1 Å². The third kappa shape index (κ3) is 3.83. The summed E-state index contributed by atoms with van der Waals surface area (Å²) in [6.45, 7) is 7.19. The lowest BCUT2D eigenvalue weighted by atomic mass is 10.1. The number of carbonyl (C=O) groups excluding carboxylic acids is 1. The van der Waals surface area contributed by atoms with Gasteiger partial charge >= 0.3 is 0 Å². The fourth-order valence-electron chi connectivity index (χ4n) is 4.10. The lowest BCUT2D eigenvalue weighted by Crippen LogP contribution is -2.48. The quantitative estimate of drug-likeness (QED) is 0.585. The van der Waals surface area contributed by atoms with E-state index in [1.54, 1.807) is 0 Å². The molecule has 0 bridgehead atoms. The highest BCUT2D eigenvalue weighted by atomic mass is 35.5. The Morgan fingerprint density at radius 3 is 2.28 bits per heavy atom. The van der Waals surface area contributed by atoms with Gasteiger partial charge in [-0.25, -0.2) is 0 Å². The van der Waals surface area contributed by atoms with Gasteiger partial charge in [0.05, 0.1) is 34.2 Å². The zero-order valence-electron chi connectivity index (χ0n) is 16.9. The van der Waals surface area contributed by atoms with E-state index in [0.29, 0.717) is 23.7 Å². The lowest BCUT2D eigenvalue weighted by molar-refractivity contribution is -0.0586. The number of carbonyl (C=O) groups is 1. The third-order valence-electron chi connectivity index (χ3n) is 5.35. The molecule has 0 saturated carbocycles. The van der Waals surface area contributed by atoms with Crippen molar-refractivity contribution in [1.29, 1.82) is 0 Å². The van der Waals surface area contributed by atoms with Crippen LogP contribution in [-0.4, -0.2) is 40.7 Å². The summed E-state index contributed by atoms with van der Waals surface area (Å²) in [7, 11) is 0. The van der Waals surface area contributed by atoms with Gasteiger partial charge in [0.25, 0.3) is 5.91 Å². The highest BCUT2D eigenvalue weighted by molar-refractivity contribution is 6.32. The summed E-state index contributed by atoms with van der Waals surface area (Å²) in [6, 6.07) is 19.8. The first kappa shape index (κ1) is 19.7. The second kappa shape index (κ2) is 8.05. The van der Waals surface area contributed by atoms with Crippen LogP contribution in [0, 0.1) is 6.92 Å². The summed E-state index contributed by atoms with van der Waals surface area (Å²) in [6.07, 6.45) is 0.0597. The van der Waals surface area contributed by atoms with Crippen LogP contribution in [0.2, 0.25) is 5.02 Å². The molecule has 2 aromatic carbocycles. The maximum absolute atomic E-state index is 13.4. The highest BCUT2D eigenvalue weighted by Crippen LogP contribution is 2.33. The predicted molar refractivity (Wildman–Crippen MR) is 117 cm³/mol. The smallest absolute Gasteiger partial charge is 0.255 e. The van der Waals surface area contributed by atoms with Crippen molar-refractivity contribution in [3.63, 3.8) is 0 Å². The van der Waals surface area contributed by atoms with Crippen LogP contribution in [-0.2, 0) is 4.74 Å². The minimum Gasteiger partial charge on any atom is -0.372 e. The van der Waals surface area contributed by atoms with Crippen LogP contribution in [0.3, 0.4) is 0 Å². The topological polar surface area (TPSA) is 34.5 Å². The molecule has 0 aliphatic carbocycles. The van der Waals surface area contributed by atoms with Crippen molar-refractivity contribution in [1.82, 2.24) is 9.47 Å². The summed E-state index contributed by atoms with van der Waals surface area (Å²) in [5, 5.41) is 0.649. The molecule has 4 rings (SSSR count). The zero-order chi connectivity index (χ0) is 20.5. The van der Waals surface area contributed by atoms with Crippen molar-refractivity contribution >= 4 is 17.5 Å². The van der Waals surface area contributed by atoms with Gasteiger partial charge in [-0.05, 0) is 44.5 Å². The number of morpholine rings is 1. The van der Waals surface area contributed by atoms with Gasteiger partial charge in [0.2, 0.25) is 0 Å². The maximum atomic E-state index is 13.4. The third-order valence-corrected chi connectivity index (χ3v) is 5.67. The minimum atomic E-state index is 0.0299. The summed E-state index contributed by atoms with van der Waals surface area (Å²) < 4.78 is 7.88. The second-order valence-electron chi connectivity index (χ2n) is 7.65. The van der Waals surface area contributed by atoms with Crippen LogP contribution >= 0.6 is 11.6 Å². The molecule has 1 amide bonds. The molecule has 150 valence electrons. The Labute approximate surface area is 176 Å². The fourth-order valence-corrected chi connectivity index (χ4v) is 4.32. The van der Waals surface area contributed by atoms with Gasteiger partial charge in [0, 0.05) is 18.8 Å². The first-order valence-electron chi connectivity index (χ1n) is 9.93. The number of para-hydroxylation sites is 1. The summed E-state index contributed by atoms with van der Waals surface area (Å²) >= 11 is 6.53. The Kier molecular flexibility index (Phi) is 5.48. The van der Waals surface area contributed by atoms with Gasteiger partial charge in [-0.1, -0.05) is 54.1 Å². The summed E-state index contributed by atoms with van der Waals surface area (Å²) in [5.74, 6) is 0.0347. The molecule has 1 aliphatic rings. The monoisotopic (exact) mass is 408 g/mol. The molecule has 3 aromatic rings.